The highest BCUT2D eigenvalue weighted by Gasteiger charge is 2.08. The number of carbonyl (C=O) groups excluding carboxylic acids is 1. The topological polar surface area (TPSA) is 95.9 Å². The molecule has 0 spiro atoms. The first-order valence-corrected chi connectivity index (χ1v) is 4.98. The molecule has 1 aromatic carbocycles. The number of aromatic nitrogens is 4. The van der Waals surface area contributed by atoms with E-state index in [2.05, 4.69) is 15.5 Å². The number of ether oxygens (including phenoxy) is 1. The minimum Gasteiger partial charge on any atom is -0.445 e. The van der Waals surface area contributed by atoms with Gasteiger partial charge in [-0.05, 0) is 28.6 Å². The van der Waals surface area contributed by atoms with E-state index >= 15 is 0 Å². The van der Waals surface area contributed by atoms with E-state index in [9.17, 15) is 4.79 Å². The minimum absolute atomic E-state index is 0.00505. The Kier molecular flexibility index (Phi) is 3.20. The number of nitrogens with zero attached hydrogens (tertiary/aromatic N) is 4. The van der Waals surface area contributed by atoms with Crippen LogP contribution in [0.1, 0.15) is 5.56 Å². The predicted octanol–water partition coefficient (Wildman–Crippen LogP) is 0.911. The fourth-order valence-electron chi connectivity index (χ4n) is 1.31. The van der Waals surface area contributed by atoms with Crippen molar-refractivity contribution in [2.75, 3.05) is 0 Å². The molecule has 1 amide bonds. The summed E-state index contributed by atoms with van der Waals surface area (Å²) in [4.78, 5) is 10.6. The Hall–Kier alpha value is -2.15. The molecule has 0 saturated heterocycles. The summed E-state index contributed by atoms with van der Waals surface area (Å²) in [6, 6.07) is 5.06. The third-order valence-corrected chi connectivity index (χ3v) is 2.24. The van der Waals surface area contributed by atoms with Crippen LogP contribution in [-0.2, 0) is 11.3 Å². The van der Waals surface area contributed by atoms with Crippen LogP contribution in [0.15, 0.2) is 24.5 Å². The molecule has 2 rings (SSSR count). The Labute approximate surface area is 101 Å². The second kappa shape index (κ2) is 4.79. The first-order chi connectivity index (χ1) is 8.16. The summed E-state index contributed by atoms with van der Waals surface area (Å²) in [7, 11) is 0. The number of carbonyl (C=O) groups is 1. The van der Waals surface area contributed by atoms with Crippen molar-refractivity contribution in [2.24, 2.45) is 5.73 Å². The largest absolute Gasteiger partial charge is 0.445 e. The summed E-state index contributed by atoms with van der Waals surface area (Å²) in [5.74, 6) is 0. The Bertz CT molecular complexity index is 528. The van der Waals surface area contributed by atoms with Gasteiger partial charge in [0.05, 0.1) is 5.69 Å². The van der Waals surface area contributed by atoms with Gasteiger partial charge in [-0.1, -0.05) is 11.6 Å². The van der Waals surface area contributed by atoms with Crippen LogP contribution >= 0.6 is 11.6 Å². The number of rotatable bonds is 3. The van der Waals surface area contributed by atoms with Crippen LogP contribution in [0.2, 0.25) is 5.02 Å². The molecule has 0 atom stereocenters. The zero-order valence-electron chi connectivity index (χ0n) is 8.58. The number of tetrazole rings is 1. The lowest BCUT2D eigenvalue weighted by Crippen LogP contribution is -2.13. The number of halogens is 1. The molecule has 88 valence electrons. The molecule has 0 aliphatic rings. The van der Waals surface area contributed by atoms with Crippen LogP contribution in [-0.4, -0.2) is 26.3 Å². The van der Waals surface area contributed by atoms with E-state index in [4.69, 9.17) is 22.1 Å². The third kappa shape index (κ3) is 2.70. The van der Waals surface area contributed by atoms with E-state index in [1.54, 1.807) is 18.2 Å². The SMILES string of the molecule is NC(=O)OCc1cc(Cl)ccc1-n1cnnn1. The van der Waals surface area contributed by atoms with Crippen molar-refractivity contribution in [3.8, 4) is 5.69 Å². The maximum Gasteiger partial charge on any atom is 0.404 e. The maximum absolute atomic E-state index is 10.6. The average molecular weight is 254 g/mol. The van der Waals surface area contributed by atoms with Crippen molar-refractivity contribution in [3.05, 3.63) is 35.1 Å². The van der Waals surface area contributed by atoms with Gasteiger partial charge in [0.1, 0.15) is 12.9 Å². The van der Waals surface area contributed by atoms with Gasteiger partial charge in [-0.2, -0.15) is 0 Å². The second-order valence-corrected chi connectivity index (χ2v) is 3.57. The van der Waals surface area contributed by atoms with Crippen molar-refractivity contribution >= 4 is 17.7 Å². The lowest BCUT2D eigenvalue weighted by molar-refractivity contribution is 0.150. The molecule has 0 radical (unpaired) electrons. The minimum atomic E-state index is -0.854. The molecule has 2 N–H and O–H groups in total. The van der Waals surface area contributed by atoms with Gasteiger partial charge >= 0.3 is 6.09 Å². The Morgan fingerprint density at radius 3 is 3.00 bits per heavy atom. The van der Waals surface area contributed by atoms with Gasteiger partial charge in [0, 0.05) is 10.6 Å². The molecule has 0 saturated carbocycles. The van der Waals surface area contributed by atoms with Gasteiger partial charge in [-0.3, -0.25) is 0 Å². The third-order valence-electron chi connectivity index (χ3n) is 2.01. The highest BCUT2D eigenvalue weighted by Crippen LogP contribution is 2.19. The molecule has 0 unspecified atom stereocenters. The normalized spacial score (nSPS) is 10.2. The molecular formula is C9H8ClN5O2. The summed E-state index contributed by atoms with van der Waals surface area (Å²) in [6.45, 7) is 0.00505. The first kappa shape index (κ1) is 11.3. The van der Waals surface area contributed by atoms with E-state index in [0.717, 1.165) is 0 Å². The molecule has 0 aliphatic carbocycles. The fraction of sp³-hybridized carbons (Fsp3) is 0.111. The van der Waals surface area contributed by atoms with Gasteiger partial charge in [-0.25, -0.2) is 9.48 Å². The van der Waals surface area contributed by atoms with Gasteiger partial charge in [0.15, 0.2) is 0 Å². The fourth-order valence-corrected chi connectivity index (χ4v) is 1.51. The zero-order chi connectivity index (χ0) is 12.3. The number of hydrogen-bond acceptors (Lipinski definition) is 5. The smallest absolute Gasteiger partial charge is 0.404 e. The lowest BCUT2D eigenvalue weighted by atomic mass is 10.2. The standard InChI is InChI=1S/C9H8ClN5O2/c10-7-1-2-8(15-5-12-13-14-15)6(3-7)4-17-9(11)16/h1-3,5H,4H2,(H2,11,16). The van der Waals surface area contributed by atoms with E-state index in [0.29, 0.717) is 16.3 Å². The molecule has 2 aromatic rings. The molecule has 17 heavy (non-hydrogen) atoms. The van der Waals surface area contributed by atoms with Crippen LogP contribution in [0.3, 0.4) is 0 Å². The highest BCUT2D eigenvalue weighted by atomic mass is 35.5. The second-order valence-electron chi connectivity index (χ2n) is 3.14. The van der Waals surface area contributed by atoms with E-state index in [-0.39, 0.29) is 6.61 Å². The zero-order valence-corrected chi connectivity index (χ0v) is 9.33. The van der Waals surface area contributed by atoms with Gasteiger partial charge in [0.2, 0.25) is 0 Å². The summed E-state index contributed by atoms with van der Waals surface area (Å²) in [5, 5.41) is 11.3. The molecule has 0 fully saturated rings. The molecular weight excluding hydrogens is 246 g/mol. The summed E-state index contributed by atoms with van der Waals surface area (Å²) >= 11 is 5.86. The van der Waals surface area contributed by atoms with Crippen molar-refractivity contribution in [1.29, 1.82) is 0 Å². The van der Waals surface area contributed by atoms with E-state index in [1.165, 1.54) is 11.0 Å². The number of primary amides is 1. The van der Waals surface area contributed by atoms with Crippen LogP contribution < -0.4 is 5.73 Å². The number of benzene rings is 1. The van der Waals surface area contributed by atoms with Crippen molar-refractivity contribution in [1.82, 2.24) is 20.2 Å². The van der Waals surface area contributed by atoms with Crippen molar-refractivity contribution in [2.45, 2.75) is 6.61 Å². The van der Waals surface area contributed by atoms with Crippen molar-refractivity contribution in [3.63, 3.8) is 0 Å². The molecule has 8 heteroatoms. The Morgan fingerprint density at radius 1 is 1.53 bits per heavy atom. The Balaban J connectivity index is 2.34. The van der Waals surface area contributed by atoms with Gasteiger partial charge in [0.25, 0.3) is 0 Å². The van der Waals surface area contributed by atoms with Crippen molar-refractivity contribution < 1.29 is 9.53 Å². The number of hydrogen-bond donors (Lipinski definition) is 1. The number of amides is 1. The van der Waals surface area contributed by atoms with Crippen LogP contribution in [0.4, 0.5) is 4.79 Å². The predicted molar refractivity (Wildman–Crippen MR) is 58.5 cm³/mol. The van der Waals surface area contributed by atoms with Gasteiger partial charge in [-0.15, -0.1) is 5.10 Å². The monoisotopic (exact) mass is 253 g/mol. The molecule has 1 heterocycles. The Morgan fingerprint density at radius 2 is 2.35 bits per heavy atom. The average Bonchev–Trinajstić information content (AvgIpc) is 2.80. The number of nitrogens with two attached hydrogens (primary N) is 1. The first-order valence-electron chi connectivity index (χ1n) is 4.61. The highest BCUT2D eigenvalue weighted by molar-refractivity contribution is 6.30. The van der Waals surface area contributed by atoms with Gasteiger partial charge < -0.3 is 10.5 Å². The molecule has 7 nitrogen and oxygen atoms in total. The van der Waals surface area contributed by atoms with Crippen LogP contribution in [0.25, 0.3) is 5.69 Å². The summed E-state index contributed by atoms with van der Waals surface area (Å²) in [6.07, 6.45) is 0.574. The summed E-state index contributed by atoms with van der Waals surface area (Å²) < 4.78 is 6.16. The van der Waals surface area contributed by atoms with E-state index in [1.807, 2.05) is 0 Å². The molecule has 1 aromatic heterocycles. The molecule has 0 aliphatic heterocycles. The lowest BCUT2D eigenvalue weighted by Gasteiger charge is -2.08. The van der Waals surface area contributed by atoms with Crippen LogP contribution in [0, 0.1) is 0 Å². The molecule has 0 bridgehead atoms. The van der Waals surface area contributed by atoms with Crippen LogP contribution in [0.5, 0.6) is 0 Å². The summed E-state index contributed by atoms with van der Waals surface area (Å²) in [5.41, 5.74) is 6.23. The quantitative estimate of drug-likeness (QED) is 0.877. The van der Waals surface area contributed by atoms with E-state index < -0.39 is 6.09 Å². The maximum atomic E-state index is 10.6.